The molecule has 1 aliphatic heterocycles. The van der Waals surface area contributed by atoms with Crippen LogP contribution in [0.25, 0.3) is 11.3 Å². The van der Waals surface area contributed by atoms with Crippen molar-refractivity contribution in [1.29, 1.82) is 0 Å². The van der Waals surface area contributed by atoms with Gasteiger partial charge in [-0.25, -0.2) is 23.9 Å². The van der Waals surface area contributed by atoms with Crippen molar-refractivity contribution in [2.24, 2.45) is 0 Å². The highest BCUT2D eigenvalue weighted by atomic mass is 19.1. The normalized spacial score (nSPS) is 15.0. The average Bonchev–Trinajstić information content (AvgIpc) is 3.02. The van der Waals surface area contributed by atoms with Gasteiger partial charge >= 0.3 is 12.1 Å². The lowest BCUT2D eigenvalue weighted by atomic mass is 10.1. The van der Waals surface area contributed by atoms with Crippen molar-refractivity contribution in [2.45, 2.75) is 65.3 Å². The van der Waals surface area contributed by atoms with E-state index in [4.69, 9.17) is 4.74 Å². The van der Waals surface area contributed by atoms with Crippen LogP contribution in [-0.4, -0.2) is 76.0 Å². The highest BCUT2D eigenvalue weighted by Gasteiger charge is 2.21. The Hall–Kier alpha value is -4.82. The second-order valence-corrected chi connectivity index (χ2v) is 12.1. The number of likely N-dealkylation sites (tertiary alicyclic amines) is 1. The Kier molecular flexibility index (Phi) is 12.0. The number of halogens is 1. The number of aliphatic hydroxyl groups is 1. The van der Waals surface area contributed by atoms with E-state index in [0.717, 1.165) is 25.8 Å². The quantitative estimate of drug-likeness (QED) is 0.169. The van der Waals surface area contributed by atoms with Crippen molar-refractivity contribution in [1.82, 2.24) is 25.5 Å². The number of anilines is 3. The first-order valence-corrected chi connectivity index (χ1v) is 15.7. The summed E-state index contributed by atoms with van der Waals surface area (Å²) >= 11 is 0. The Morgan fingerprint density at radius 3 is 2.55 bits per heavy atom. The fraction of sp³-hybridized carbons (Fsp3) is 0.424. The number of benzene rings is 1. The molecule has 4 rings (SSSR count). The van der Waals surface area contributed by atoms with Crippen LogP contribution in [0.2, 0.25) is 0 Å². The van der Waals surface area contributed by atoms with Gasteiger partial charge in [-0.1, -0.05) is 12.1 Å². The van der Waals surface area contributed by atoms with Crippen molar-refractivity contribution in [3.8, 4) is 11.3 Å². The molecule has 1 aromatic carbocycles. The first-order valence-electron chi connectivity index (χ1n) is 15.7. The van der Waals surface area contributed by atoms with Crippen LogP contribution < -0.4 is 26.6 Å². The molecule has 1 aliphatic rings. The van der Waals surface area contributed by atoms with E-state index >= 15 is 4.39 Å². The molecule has 1 atom stereocenters. The molecule has 6 N–H and O–H groups in total. The molecular weight excluding hydrogens is 607 g/mol. The minimum Gasteiger partial charge on any atom is -0.444 e. The molecule has 0 aliphatic carbocycles. The van der Waals surface area contributed by atoms with Crippen LogP contribution in [0.1, 0.15) is 62.9 Å². The molecule has 1 saturated heterocycles. The molecule has 0 bridgehead atoms. The molecule has 252 valence electrons. The second-order valence-electron chi connectivity index (χ2n) is 12.1. The van der Waals surface area contributed by atoms with Crippen molar-refractivity contribution in [2.75, 3.05) is 42.1 Å². The number of nitrogens with one attached hydrogen (secondary N) is 5. The van der Waals surface area contributed by atoms with Crippen LogP contribution in [0, 0.1) is 5.82 Å². The number of nitrogens with zero attached hydrogens (tertiary/aromatic N) is 3. The third-order valence-corrected chi connectivity index (χ3v) is 7.17. The molecule has 0 saturated carbocycles. The van der Waals surface area contributed by atoms with Gasteiger partial charge in [0, 0.05) is 44.5 Å². The molecule has 3 heterocycles. The number of ether oxygens (including phenoxy) is 1. The van der Waals surface area contributed by atoms with E-state index < -0.39 is 29.8 Å². The fourth-order valence-corrected chi connectivity index (χ4v) is 4.88. The van der Waals surface area contributed by atoms with Crippen LogP contribution in [0.15, 0.2) is 48.7 Å². The van der Waals surface area contributed by atoms with Gasteiger partial charge in [-0.05, 0) is 82.9 Å². The molecule has 13 nitrogen and oxygen atoms in total. The van der Waals surface area contributed by atoms with Gasteiger partial charge in [0.2, 0.25) is 0 Å². The third-order valence-electron chi connectivity index (χ3n) is 7.17. The summed E-state index contributed by atoms with van der Waals surface area (Å²) in [7, 11) is 0. The number of rotatable bonds is 11. The number of carbonyl (C=O) groups is 3. The number of piperidine rings is 1. The number of hydrogen-bond donors (Lipinski definition) is 6. The summed E-state index contributed by atoms with van der Waals surface area (Å²) in [5.41, 5.74) is 1.26. The molecule has 0 radical (unpaired) electrons. The predicted molar refractivity (Wildman–Crippen MR) is 178 cm³/mol. The molecule has 1 fully saturated rings. The van der Waals surface area contributed by atoms with E-state index in [9.17, 15) is 19.5 Å². The summed E-state index contributed by atoms with van der Waals surface area (Å²) in [6.45, 7) is 9.52. The largest absolute Gasteiger partial charge is 0.444 e. The molecule has 2 aromatic heterocycles. The zero-order valence-corrected chi connectivity index (χ0v) is 27.2. The minimum atomic E-state index is -0.662. The van der Waals surface area contributed by atoms with E-state index in [1.807, 2.05) is 11.8 Å². The van der Waals surface area contributed by atoms with Gasteiger partial charge in [-0.15, -0.1) is 0 Å². The summed E-state index contributed by atoms with van der Waals surface area (Å²) in [5.74, 6) is -0.298. The number of aromatic nitrogens is 2. The zero-order valence-electron chi connectivity index (χ0n) is 27.2. The molecule has 3 aromatic rings. The molecule has 14 heteroatoms. The maximum absolute atomic E-state index is 15.1. The van der Waals surface area contributed by atoms with Crippen LogP contribution in [0.4, 0.5) is 31.3 Å². The van der Waals surface area contributed by atoms with Gasteiger partial charge in [0.15, 0.2) is 0 Å². The highest BCUT2D eigenvalue weighted by molar-refractivity contribution is 5.99. The van der Waals surface area contributed by atoms with Crippen LogP contribution in [-0.2, 0) is 11.3 Å². The Morgan fingerprint density at radius 1 is 1.06 bits per heavy atom. The maximum atomic E-state index is 15.1. The van der Waals surface area contributed by atoms with E-state index in [0.29, 0.717) is 53.7 Å². The Balaban J connectivity index is 1.31. The summed E-state index contributed by atoms with van der Waals surface area (Å²) in [6.07, 6.45) is 3.15. The minimum absolute atomic E-state index is 0.0250. The number of carbonyl (C=O) groups excluding carboxylic acids is 3. The van der Waals surface area contributed by atoms with Crippen molar-refractivity contribution < 1.29 is 28.6 Å². The lowest BCUT2D eigenvalue weighted by Gasteiger charge is -2.31. The number of hydrogen-bond acceptors (Lipinski definition) is 9. The highest BCUT2D eigenvalue weighted by Crippen LogP contribution is 2.26. The number of aliphatic hydroxyl groups excluding tert-OH is 1. The van der Waals surface area contributed by atoms with E-state index in [1.165, 1.54) is 18.3 Å². The van der Waals surface area contributed by atoms with E-state index in [1.54, 1.807) is 51.1 Å². The molecule has 4 amide bonds. The SMILES string of the molecule is CCNc1nc(-c2ccc(NC(=O)NCc3ccc(NC(=O)OC(C)(C)C)nc3)c(F)c2)ccc1C(=O)NCCN1CCCCC1O. The van der Waals surface area contributed by atoms with Crippen molar-refractivity contribution >= 4 is 35.4 Å². The summed E-state index contributed by atoms with van der Waals surface area (Å²) in [5, 5.41) is 23.8. The van der Waals surface area contributed by atoms with Gasteiger partial charge in [0.05, 0.1) is 16.9 Å². The first kappa shape index (κ1) is 35.0. The predicted octanol–water partition coefficient (Wildman–Crippen LogP) is 4.92. The smallest absolute Gasteiger partial charge is 0.413 e. The third kappa shape index (κ3) is 10.6. The van der Waals surface area contributed by atoms with Gasteiger partial charge in [0.1, 0.15) is 29.3 Å². The molecule has 0 spiro atoms. The maximum Gasteiger partial charge on any atom is 0.413 e. The molecular formula is C33H43FN8O5. The Labute approximate surface area is 273 Å². The first-order chi connectivity index (χ1) is 22.4. The Morgan fingerprint density at radius 2 is 1.87 bits per heavy atom. The van der Waals surface area contributed by atoms with Crippen LogP contribution >= 0.6 is 0 Å². The number of urea groups is 1. The van der Waals surface area contributed by atoms with Gasteiger partial charge < -0.3 is 31.1 Å². The second kappa shape index (κ2) is 16.1. The Bertz CT molecular complexity index is 1550. The topological polar surface area (TPSA) is 170 Å². The summed E-state index contributed by atoms with van der Waals surface area (Å²) in [4.78, 5) is 48.0. The van der Waals surface area contributed by atoms with Crippen LogP contribution in [0.3, 0.4) is 0 Å². The van der Waals surface area contributed by atoms with Crippen molar-refractivity contribution in [3.05, 3.63) is 65.6 Å². The van der Waals surface area contributed by atoms with Gasteiger partial charge in [0.25, 0.3) is 5.91 Å². The zero-order chi connectivity index (χ0) is 34.0. The van der Waals surface area contributed by atoms with Gasteiger partial charge in [-0.3, -0.25) is 15.0 Å². The van der Waals surface area contributed by atoms with E-state index in [2.05, 4.69) is 36.6 Å². The van der Waals surface area contributed by atoms with E-state index in [-0.39, 0.29) is 18.1 Å². The average molecular weight is 651 g/mol. The standard InChI is InChI=1S/C33H43FN8O5/c1-5-35-29-23(30(44)36-15-17-42-16-7-6-8-28(42)43)11-13-25(39-29)22-10-12-26(24(34)18-22)40-31(45)38-20-21-9-14-27(37-19-21)41-32(46)47-33(2,3)4/h9-14,18-19,28,43H,5-8,15-17,20H2,1-4H3,(H,35,39)(H,36,44)(H,37,41,46)(H2,38,40,45). The monoisotopic (exact) mass is 650 g/mol. The number of pyridine rings is 2. The van der Waals surface area contributed by atoms with Crippen LogP contribution in [0.5, 0.6) is 0 Å². The summed E-state index contributed by atoms with van der Waals surface area (Å²) < 4.78 is 20.3. The lowest BCUT2D eigenvalue weighted by molar-refractivity contribution is -0.0224. The molecule has 47 heavy (non-hydrogen) atoms. The summed E-state index contributed by atoms with van der Waals surface area (Å²) in [6, 6.07) is 10.2. The molecule has 1 unspecified atom stereocenters. The number of amides is 4. The fourth-order valence-electron chi connectivity index (χ4n) is 4.88. The van der Waals surface area contributed by atoms with Crippen molar-refractivity contribution in [3.63, 3.8) is 0 Å². The van der Waals surface area contributed by atoms with Gasteiger partial charge in [-0.2, -0.15) is 0 Å². The lowest BCUT2D eigenvalue weighted by Crippen LogP contribution is -2.43.